The maximum absolute atomic E-state index is 13.4. The van der Waals surface area contributed by atoms with Crippen molar-refractivity contribution in [1.82, 2.24) is 10.2 Å². The summed E-state index contributed by atoms with van der Waals surface area (Å²) >= 11 is 7.25. The highest BCUT2D eigenvalue weighted by molar-refractivity contribution is 7.98. The summed E-state index contributed by atoms with van der Waals surface area (Å²) in [6.45, 7) is 0.0233. The number of ether oxygens (including phenoxy) is 1. The summed E-state index contributed by atoms with van der Waals surface area (Å²) < 4.78 is 24.2. The van der Waals surface area contributed by atoms with Gasteiger partial charge >= 0.3 is 0 Å². The average molecular weight is 351 g/mol. The van der Waals surface area contributed by atoms with Gasteiger partial charge in [0.25, 0.3) is 11.1 Å². The van der Waals surface area contributed by atoms with Gasteiger partial charge in [-0.1, -0.05) is 47.6 Å². The Balaban J connectivity index is 1.53. The lowest BCUT2D eigenvalue weighted by Crippen LogP contribution is -1.97. The fourth-order valence-corrected chi connectivity index (χ4v) is 2.64. The normalized spacial score (nSPS) is 10.7. The van der Waals surface area contributed by atoms with E-state index in [0.29, 0.717) is 21.9 Å². The third kappa shape index (κ3) is 4.46. The molecule has 23 heavy (non-hydrogen) atoms. The van der Waals surface area contributed by atoms with Crippen LogP contribution in [-0.2, 0) is 12.4 Å². The quantitative estimate of drug-likeness (QED) is 0.601. The molecule has 0 aliphatic heterocycles. The molecule has 0 N–H and O–H groups in total. The van der Waals surface area contributed by atoms with Crippen LogP contribution in [0.15, 0.2) is 58.2 Å². The van der Waals surface area contributed by atoms with Gasteiger partial charge in [0.05, 0.1) is 0 Å². The molecule has 7 heteroatoms. The fourth-order valence-electron chi connectivity index (χ4n) is 1.78. The predicted molar refractivity (Wildman–Crippen MR) is 86.0 cm³/mol. The fraction of sp³-hybridized carbons (Fsp3) is 0.125. The molecule has 0 saturated carbocycles. The number of halogens is 2. The van der Waals surface area contributed by atoms with Crippen LogP contribution in [0.4, 0.5) is 4.39 Å². The summed E-state index contributed by atoms with van der Waals surface area (Å²) in [6.07, 6.45) is 0. The van der Waals surface area contributed by atoms with Crippen LogP contribution in [0, 0.1) is 5.82 Å². The molecule has 3 rings (SSSR count). The number of hydrogen-bond acceptors (Lipinski definition) is 5. The van der Waals surface area contributed by atoms with E-state index in [0.717, 1.165) is 5.56 Å². The first-order valence-corrected chi connectivity index (χ1v) is 8.14. The van der Waals surface area contributed by atoms with E-state index >= 15 is 0 Å². The summed E-state index contributed by atoms with van der Waals surface area (Å²) in [7, 11) is 0. The van der Waals surface area contributed by atoms with Gasteiger partial charge in [-0.3, -0.25) is 0 Å². The molecule has 118 valence electrons. The number of rotatable bonds is 6. The van der Waals surface area contributed by atoms with Crippen LogP contribution < -0.4 is 4.74 Å². The van der Waals surface area contributed by atoms with Crippen LogP contribution in [0.25, 0.3) is 0 Å². The van der Waals surface area contributed by atoms with Crippen molar-refractivity contribution >= 4 is 23.4 Å². The van der Waals surface area contributed by atoms with Gasteiger partial charge in [0, 0.05) is 10.8 Å². The molecule has 1 heterocycles. The van der Waals surface area contributed by atoms with Crippen molar-refractivity contribution < 1.29 is 13.5 Å². The number of nitrogens with zero attached hydrogens (tertiary/aromatic N) is 2. The van der Waals surface area contributed by atoms with Crippen molar-refractivity contribution in [3.8, 4) is 5.75 Å². The van der Waals surface area contributed by atoms with Crippen LogP contribution >= 0.6 is 23.4 Å². The molecule has 0 spiro atoms. The molecule has 0 aliphatic rings. The third-order valence-corrected chi connectivity index (χ3v) is 4.05. The van der Waals surface area contributed by atoms with E-state index in [4.69, 9.17) is 20.8 Å². The molecular weight excluding hydrogens is 339 g/mol. The second-order valence-electron chi connectivity index (χ2n) is 4.60. The Hall–Kier alpha value is -2.05. The average Bonchev–Trinajstić information content (AvgIpc) is 3.02. The first-order valence-electron chi connectivity index (χ1n) is 6.77. The number of hydrogen-bond donors (Lipinski definition) is 0. The summed E-state index contributed by atoms with van der Waals surface area (Å²) in [6, 6.07) is 13.7. The number of aromatic nitrogens is 2. The second kappa shape index (κ2) is 7.48. The monoisotopic (exact) mass is 350 g/mol. The van der Waals surface area contributed by atoms with Crippen LogP contribution in [-0.4, -0.2) is 10.2 Å². The van der Waals surface area contributed by atoms with Gasteiger partial charge in [-0.05, 0) is 29.8 Å². The first-order chi connectivity index (χ1) is 11.2. The zero-order valence-electron chi connectivity index (χ0n) is 11.9. The molecular formula is C16H12ClFN2O2S. The highest BCUT2D eigenvalue weighted by Gasteiger charge is 2.09. The molecule has 1 aromatic heterocycles. The molecule has 0 aliphatic carbocycles. The number of benzene rings is 2. The molecule has 0 fully saturated rings. The van der Waals surface area contributed by atoms with E-state index < -0.39 is 5.82 Å². The Morgan fingerprint density at radius 1 is 1.09 bits per heavy atom. The third-order valence-electron chi connectivity index (χ3n) is 2.91. The Morgan fingerprint density at radius 3 is 2.65 bits per heavy atom. The van der Waals surface area contributed by atoms with E-state index in [1.165, 1.54) is 17.8 Å². The smallest absolute Gasteiger partial charge is 0.277 e. The molecule has 4 nitrogen and oxygen atoms in total. The minimum atomic E-state index is -0.427. The van der Waals surface area contributed by atoms with Crippen molar-refractivity contribution in [3.63, 3.8) is 0 Å². The molecule has 0 atom stereocenters. The summed E-state index contributed by atoms with van der Waals surface area (Å²) in [5.74, 6) is 0.713. The highest BCUT2D eigenvalue weighted by atomic mass is 35.5. The topological polar surface area (TPSA) is 48.2 Å². The Labute approximate surface area is 141 Å². The van der Waals surface area contributed by atoms with Crippen molar-refractivity contribution in [2.24, 2.45) is 0 Å². The van der Waals surface area contributed by atoms with Gasteiger partial charge in [-0.15, -0.1) is 10.2 Å². The van der Waals surface area contributed by atoms with Gasteiger partial charge in [0.15, 0.2) is 18.2 Å². The zero-order chi connectivity index (χ0) is 16.1. The van der Waals surface area contributed by atoms with Crippen molar-refractivity contribution in [1.29, 1.82) is 0 Å². The van der Waals surface area contributed by atoms with E-state index in [2.05, 4.69) is 10.2 Å². The van der Waals surface area contributed by atoms with Gasteiger partial charge < -0.3 is 9.15 Å². The molecule has 0 radical (unpaired) electrons. The van der Waals surface area contributed by atoms with E-state index in [1.54, 1.807) is 18.2 Å². The van der Waals surface area contributed by atoms with Crippen LogP contribution in [0.5, 0.6) is 5.75 Å². The molecule has 0 bridgehead atoms. The predicted octanol–water partition coefficient (Wildman–Crippen LogP) is 4.73. The Kier molecular flexibility index (Phi) is 5.15. The Morgan fingerprint density at radius 2 is 1.87 bits per heavy atom. The SMILES string of the molecule is Fc1ccccc1OCc1nnc(SCc2ccc(Cl)cc2)o1. The molecule has 0 unspecified atom stereocenters. The largest absolute Gasteiger partial charge is 0.481 e. The van der Waals surface area contributed by atoms with E-state index in [1.807, 2.05) is 24.3 Å². The minimum Gasteiger partial charge on any atom is -0.481 e. The van der Waals surface area contributed by atoms with Crippen LogP contribution in [0.1, 0.15) is 11.5 Å². The standard InChI is InChI=1S/C16H12ClFN2O2S/c17-12-7-5-11(6-8-12)10-23-16-20-19-15(22-16)9-21-14-4-2-1-3-13(14)18/h1-8H,9-10H2. The first kappa shape index (κ1) is 15.8. The van der Waals surface area contributed by atoms with E-state index in [-0.39, 0.29) is 12.4 Å². The van der Waals surface area contributed by atoms with Crippen LogP contribution in [0.3, 0.4) is 0 Å². The summed E-state index contributed by atoms with van der Waals surface area (Å²) in [5.41, 5.74) is 1.10. The summed E-state index contributed by atoms with van der Waals surface area (Å²) in [5, 5.41) is 8.95. The molecule has 0 saturated heterocycles. The van der Waals surface area contributed by atoms with Crippen molar-refractivity contribution in [2.45, 2.75) is 17.6 Å². The van der Waals surface area contributed by atoms with Crippen LogP contribution in [0.2, 0.25) is 5.02 Å². The van der Waals surface area contributed by atoms with Crippen molar-refractivity contribution in [2.75, 3.05) is 0 Å². The van der Waals surface area contributed by atoms with Gasteiger partial charge in [0.2, 0.25) is 0 Å². The molecule has 2 aromatic carbocycles. The minimum absolute atomic E-state index is 0.0233. The van der Waals surface area contributed by atoms with Gasteiger partial charge in [-0.2, -0.15) is 0 Å². The maximum Gasteiger partial charge on any atom is 0.277 e. The van der Waals surface area contributed by atoms with Crippen molar-refractivity contribution in [3.05, 3.63) is 70.8 Å². The van der Waals surface area contributed by atoms with Gasteiger partial charge in [-0.25, -0.2) is 4.39 Å². The van der Waals surface area contributed by atoms with E-state index in [9.17, 15) is 4.39 Å². The molecule has 3 aromatic rings. The Bertz CT molecular complexity index is 780. The second-order valence-corrected chi connectivity index (χ2v) is 5.96. The molecule has 0 amide bonds. The number of thioether (sulfide) groups is 1. The number of para-hydroxylation sites is 1. The zero-order valence-corrected chi connectivity index (χ0v) is 13.5. The highest BCUT2D eigenvalue weighted by Crippen LogP contribution is 2.23. The lowest BCUT2D eigenvalue weighted by atomic mass is 10.2. The van der Waals surface area contributed by atoms with Gasteiger partial charge in [0.1, 0.15) is 0 Å². The lowest BCUT2D eigenvalue weighted by Gasteiger charge is -2.03. The maximum atomic E-state index is 13.4. The summed E-state index contributed by atoms with van der Waals surface area (Å²) in [4.78, 5) is 0. The lowest BCUT2D eigenvalue weighted by molar-refractivity contribution is 0.242.